The summed E-state index contributed by atoms with van der Waals surface area (Å²) >= 11 is 0. The second-order valence-electron chi connectivity index (χ2n) is 5.07. The molecule has 0 amide bonds. The number of sulfone groups is 1. The van der Waals surface area contributed by atoms with Gasteiger partial charge in [-0.25, -0.2) is 12.8 Å². The number of benzene rings is 1. The van der Waals surface area contributed by atoms with Crippen molar-refractivity contribution >= 4 is 9.84 Å². The van der Waals surface area contributed by atoms with Gasteiger partial charge in [0.05, 0.1) is 17.9 Å². The van der Waals surface area contributed by atoms with Gasteiger partial charge in [0.2, 0.25) is 0 Å². The number of hydrogen-bond donors (Lipinski definition) is 0. The van der Waals surface area contributed by atoms with Gasteiger partial charge in [0.15, 0.2) is 9.84 Å². The first-order valence-corrected chi connectivity index (χ1v) is 8.25. The average Bonchev–Trinajstić information content (AvgIpc) is 3.07. The van der Waals surface area contributed by atoms with Crippen molar-refractivity contribution < 1.29 is 17.5 Å². The molecule has 1 aromatic rings. The van der Waals surface area contributed by atoms with Gasteiger partial charge >= 0.3 is 0 Å². The minimum absolute atomic E-state index is 0.0692. The van der Waals surface area contributed by atoms with Gasteiger partial charge in [0.1, 0.15) is 11.2 Å². The van der Waals surface area contributed by atoms with Gasteiger partial charge in [0.25, 0.3) is 0 Å². The van der Waals surface area contributed by atoms with Crippen LogP contribution in [0.3, 0.4) is 0 Å². The zero-order valence-corrected chi connectivity index (χ0v) is 12.2. The van der Waals surface area contributed by atoms with Crippen molar-refractivity contribution in [2.45, 2.75) is 18.1 Å². The lowest BCUT2D eigenvalue weighted by atomic mass is 10.0. The van der Waals surface area contributed by atoms with Crippen LogP contribution in [-0.4, -0.2) is 33.1 Å². The number of hydrogen-bond acceptors (Lipinski definition) is 4. The van der Waals surface area contributed by atoms with E-state index in [0.717, 1.165) is 6.26 Å². The smallest absolute Gasteiger partial charge is 0.152 e. The average molecular weight is 297 g/mol. The molecule has 1 fully saturated rings. The van der Waals surface area contributed by atoms with E-state index in [1.165, 1.54) is 24.3 Å². The summed E-state index contributed by atoms with van der Waals surface area (Å²) < 4.78 is 42.1. The maximum atomic E-state index is 13.0. The summed E-state index contributed by atoms with van der Waals surface area (Å²) in [6.07, 6.45) is 1.12. The minimum atomic E-state index is -3.38. The highest BCUT2D eigenvalue weighted by atomic mass is 32.2. The zero-order valence-electron chi connectivity index (χ0n) is 11.3. The highest BCUT2D eigenvalue weighted by Gasteiger charge is 2.71. The van der Waals surface area contributed by atoms with Crippen molar-refractivity contribution in [2.24, 2.45) is 5.41 Å². The van der Waals surface area contributed by atoms with Gasteiger partial charge in [-0.3, -0.25) is 0 Å². The van der Waals surface area contributed by atoms with Crippen molar-refractivity contribution in [3.05, 3.63) is 35.6 Å². The van der Waals surface area contributed by atoms with Crippen LogP contribution in [0.4, 0.5) is 4.39 Å². The SMILES string of the molecule is CCOC[C@@]1(C#N)[C@@H](c2ccc(F)cc2)[C@@H]1S(C)(=O)=O. The van der Waals surface area contributed by atoms with Gasteiger partial charge in [-0.1, -0.05) is 12.1 Å². The molecule has 1 aromatic carbocycles. The first-order chi connectivity index (χ1) is 9.36. The number of nitrogens with zero attached hydrogens (tertiary/aromatic N) is 1. The Morgan fingerprint density at radius 1 is 1.40 bits per heavy atom. The number of ether oxygens (including phenoxy) is 1. The highest BCUT2D eigenvalue weighted by Crippen LogP contribution is 2.62. The van der Waals surface area contributed by atoms with E-state index in [1.807, 2.05) is 0 Å². The molecule has 0 bridgehead atoms. The number of nitriles is 1. The fourth-order valence-electron chi connectivity index (χ4n) is 2.78. The second-order valence-corrected chi connectivity index (χ2v) is 7.24. The molecule has 6 heteroatoms. The molecule has 0 N–H and O–H groups in total. The normalized spacial score (nSPS) is 28.9. The van der Waals surface area contributed by atoms with Crippen molar-refractivity contribution in [3.8, 4) is 6.07 Å². The first kappa shape index (κ1) is 14.9. The molecule has 0 unspecified atom stereocenters. The highest BCUT2D eigenvalue weighted by molar-refractivity contribution is 7.91. The lowest BCUT2D eigenvalue weighted by molar-refractivity contribution is 0.117. The molecule has 0 radical (unpaired) electrons. The van der Waals surface area contributed by atoms with Gasteiger partial charge in [-0.2, -0.15) is 5.26 Å². The monoisotopic (exact) mass is 297 g/mol. The third kappa shape index (κ3) is 2.43. The molecule has 1 aliphatic carbocycles. The van der Waals surface area contributed by atoms with E-state index in [-0.39, 0.29) is 6.61 Å². The molecule has 0 aliphatic heterocycles. The van der Waals surface area contributed by atoms with E-state index in [0.29, 0.717) is 12.2 Å². The molecule has 0 saturated heterocycles. The molecule has 20 heavy (non-hydrogen) atoms. The van der Waals surface area contributed by atoms with E-state index >= 15 is 0 Å². The number of halogens is 1. The Bertz CT molecular complexity index is 635. The lowest BCUT2D eigenvalue weighted by Gasteiger charge is -2.08. The van der Waals surface area contributed by atoms with Crippen LogP contribution in [0.15, 0.2) is 24.3 Å². The van der Waals surface area contributed by atoms with Gasteiger partial charge in [-0.15, -0.1) is 0 Å². The molecule has 2 rings (SSSR count). The number of rotatable bonds is 5. The molecule has 108 valence electrons. The van der Waals surface area contributed by atoms with Crippen molar-refractivity contribution in [1.82, 2.24) is 0 Å². The maximum absolute atomic E-state index is 13.0. The summed E-state index contributed by atoms with van der Waals surface area (Å²) in [5, 5.41) is 8.64. The topological polar surface area (TPSA) is 67.2 Å². The minimum Gasteiger partial charge on any atom is -0.380 e. The standard InChI is InChI=1S/C14H16FNO3S/c1-3-19-9-14(8-16)12(13(14)20(2,17)18)10-4-6-11(15)7-5-10/h4-7,12-13H,3,9H2,1-2H3/t12-,13-,14-/m0/s1. The Kier molecular flexibility index (Phi) is 3.85. The zero-order chi connectivity index (χ0) is 15.0. The van der Waals surface area contributed by atoms with Crippen molar-refractivity contribution in [2.75, 3.05) is 19.5 Å². The van der Waals surface area contributed by atoms with E-state index in [4.69, 9.17) is 4.74 Å². The Morgan fingerprint density at radius 3 is 2.45 bits per heavy atom. The first-order valence-electron chi connectivity index (χ1n) is 6.30. The van der Waals surface area contributed by atoms with Crippen LogP contribution in [0, 0.1) is 22.6 Å². The molecule has 4 nitrogen and oxygen atoms in total. The Morgan fingerprint density at radius 2 is 2.00 bits per heavy atom. The summed E-state index contributed by atoms with van der Waals surface area (Å²) in [6, 6.07) is 7.72. The summed E-state index contributed by atoms with van der Waals surface area (Å²) in [6.45, 7) is 2.27. The summed E-state index contributed by atoms with van der Waals surface area (Å²) in [7, 11) is -3.38. The fourth-order valence-corrected chi connectivity index (χ4v) is 4.63. The van der Waals surface area contributed by atoms with E-state index in [9.17, 15) is 18.1 Å². The molecule has 1 saturated carbocycles. The molecular formula is C14H16FNO3S. The Hall–Kier alpha value is -1.45. The lowest BCUT2D eigenvalue weighted by Crippen LogP contribution is -2.18. The van der Waals surface area contributed by atoms with Gasteiger partial charge in [0, 0.05) is 18.8 Å². The predicted octanol–water partition coefficient (Wildman–Crippen LogP) is 1.88. The van der Waals surface area contributed by atoms with Crippen LogP contribution in [0.2, 0.25) is 0 Å². The Balaban J connectivity index is 2.40. The fraction of sp³-hybridized carbons (Fsp3) is 0.500. The van der Waals surface area contributed by atoms with Crippen LogP contribution >= 0.6 is 0 Å². The van der Waals surface area contributed by atoms with Crippen LogP contribution < -0.4 is 0 Å². The van der Waals surface area contributed by atoms with Crippen molar-refractivity contribution in [1.29, 1.82) is 5.26 Å². The van der Waals surface area contributed by atoms with Crippen molar-refractivity contribution in [3.63, 3.8) is 0 Å². The third-order valence-corrected chi connectivity index (χ3v) is 5.32. The van der Waals surface area contributed by atoms with Gasteiger partial charge < -0.3 is 4.74 Å². The van der Waals surface area contributed by atoms with Crippen LogP contribution in [0.1, 0.15) is 18.4 Å². The van der Waals surface area contributed by atoms with E-state index < -0.39 is 32.2 Å². The molecule has 0 aromatic heterocycles. The van der Waals surface area contributed by atoms with Crippen LogP contribution in [-0.2, 0) is 14.6 Å². The predicted molar refractivity (Wildman–Crippen MR) is 72.3 cm³/mol. The summed E-state index contributed by atoms with van der Waals surface area (Å²) in [4.78, 5) is 0. The Labute approximate surface area is 118 Å². The molecule has 0 spiro atoms. The quantitative estimate of drug-likeness (QED) is 0.832. The van der Waals surface area contributed by atoms with Crippen LogP contribution in [0.5, 0.6) is 0 Å². The molecular weight excluding hydrogens is 281 g/mol. The second kappa shape index (κ2) is 5.15. The van der Waals surface area contributed by atoms with E-state index in [2.05, 4.69) is 6.07 Å². The third-order valence-electron chi connectivity index (χ3n) is 3.70. The van der Waals surface area contributed by atoms with Gasteiger partial charge in [-0.05, 0) is 24.6 Å². The summed E-state index contributed by atoms with van der Waals surface area (Å²) in [5.74, 6) is -0.854. The van der Waals surface area contributed by atoms with E-state index in [1.54, 1.807) is 6.92 Å². The molecule has 3 atom stereocenters. The molecule has 1 aliphatic rings. The molecule has 0 heterocycles. The maximum Gasteiger partial charge on any atom is 0.152 e. The summed E-state index contributed by atoms with van der Waals surface area (Å²) in [5.41, 5.74) is -0.412. The largest absolute Gasteiger partial charge is 0.380 e. The van der Waals surface area contributed by atoms with Crippen LogP contribution in [0.25, 0.3) is 0 Å².